The largest absolute Gasteiger partial charge is 0.493 e. The van der Waals surface area contributed by atoms with Gasteiger partial charge in [-0.3, -0.25) is 14.5 Å². The van der Waals surface area contributed by atoms with Crippen molar-refractivity contribution >= 4 is 17.4 Å². The van der Waals surface area contributed by atoms with Gasteiger partial charge in [-0.2, -0.15) is 0 Å². The lowest BCUT2D eigenvalue weighted by atomic mass is 9.97. The molecule has 2 aliphatic heterocycles. The minimum atomic E-state index is -0.273. The Kier molecular flexibility index (Phi) is 6.16. The molecule has 0 N–H and O–H groups in total. The second-order valence-corrected chi connectivity index (χ2v) is 8.92. The maximum Gasteiger partial charge on any atom is 0.278 e. The Morgan fingerprint density at radius 1 is 1.13 bits per heavy atom. The summed E-state index contributed by atoms with van der Waals surface area (Å²) in [5, 5.41) is 0. The standard InChI is InChI=1S/C25H30N2O4/c1-17(2)16-31-20-10-8-19(9-11-20)22-23(26-12-4-6-18(3)14-26)25(29)27(24(22)28)15-21-7-5-13-30-21/h5,7-11,13,17-18H,4,6,12,14-16H2,1-3H3. The van der Waals surface area contributed by atoms with E-state index >= 15 is 0 Å². The summed E-state index contributed by atoms with van der Waals surface area (Å²) in [5.74, 6) is 1.74. The fraction of sp³-hybridized carbons (Fsp3) is 0.440. The maximum atomic E-state index is 13.4. The molecule has 0 saturated carbocycles. The van der Waals surface area contributed by atoms with Gasteiger partial charge in [0.05, 0.1) is 25.0 Å². The van der Waals surface area contributed by atoms with Gasteiger partial charge in [0.2, 0.25) is 0 Å². The van der Waals surface area contributed by atoms with Crippen LogP contribution in [0.15, 0.2) is 52.8 Å². The molecule has 0 aliphatic carbocycles. The van der Waals surface area contributed by atoms with Crippen LogP contribution in [0.2, 0.25) is 0 Å². The van der Waals surface area contributed by atoms with E-state index in [2.05, 4.69) is 25.7 Å². The number of hydrogen-bond acceptors (Lipinski definition) is 5. The van der Waals surface area contributed by atoms with E-state index in [1.807, 2.05) is 24.3 Å². The van der Waals surface area contributed by atoms with Gasteiger partial charge >= 0.3 is 0 Å². The van der Waals surface area contributed by atoms with Crippen molar-refractivity contribution in [2.24, 2.45) is 11.8 Å². The van der Waals surface area contributed by atoms with Gasteiger partial charge in [-0.15, -0.1) is 0 Å². The van der Waals surface area contributed by atoms with Crippen molar-refractivity contribution in [1.82, 2.24) is 9.80 Å². The SMILES string of the molecule is CC(C)COc1ccc(C2=C(N3CCCC(C)C3)C(=O)N(Cc3ccco3)C2=O)cc1. The molecule has 3 heterocycles. The third-order valence-corrected chi connectivity index (χ3v) is 5.74. The van der Waals surface area contributed by atoms with E-state index < -0.39 is 0 Å². The third kappa shape index (κ3) is 4.53. The van der Waals surface area contributed by atoms with Crippen LogP contribution in [0.4, 0.5) is 0 Å². The quantitative estimate of drug-likeness (QED) is 0.622. The second-order valence-electron chi connectivity index (χ2n) is 8.92. The highest BCUT2D eigenvalue weighted by atomic mass is 16.5. The van der Waals surface area contributed by atoms with Gasteiger partial charge in [0.25, 0.3) is 11.8 Å². The molecule has 2 amide bonds. The Bertz CT molecular complexity index is 960. The summed E-state index contributed by atoms with van der Waals surface area (Å²) in [6.07, 6.45) is 3.70. The minimum Gasteiger partial charge on any atom is -0.493 e. The van der Waals surface area contributed by atoms with Crippen LogP contribution in [0.3, 0.4) is 0 Å². The lowest BCUT2D eigenvalue weighted by molar-refractivity contribution is -0.138. The van der Waals surface area contributed by atoms with Crippen molar-refractivity contribution in [2.75, 3.05) is 19.7 Å². The average molecular weight is 423 g/mol. The van der Waals surface area contributed by atoms with Crippen LogP contribution in [0.1, 0.15) is 44.9 Å². The van der Waals surface area contributed by atoms with Gasteiger partial charge in [0.15, 0.2) is 0 Å². The summed E-state index contributed by atoms with van der Waals surface area (Å²) in [6, 6.07) is 11.0. The third-order valence-electron chi connectivity index (χ3n) is 5.74. The molecule has 31 heavy (non-hydrogen) atoms. The Hall–Kier alpha value is -3.02. The first-order chi connectivity index (χ1) is 14.9. The maximum absolute atomic E-state index is 13.4. The average Bonchev–Trinajstić information content (AvgIpc) is 3.35. The summed E-state index contributed by atoms with van der Waals surface area (Å²) in [5.41, 5.74) is 1.73. The van der Waals surface area contributed by atoms with Gasteiger partial charge in [-0.25, -0.2) is 0 Å². The first-order valence-electron chi connectivity index (χ1n) is 11.0. The van der Waals surface area contributed by atoms with E-state index in [4.69, 9.17) is 9.15 Å². The number of amides is 2. The highest BCUT2D eigenvalue weighted by Gasteiger charge is 2.42. The van der Waals surface area contributed by atoms with Gasteiger partial charge in [0.1, 0.15) is 17.2 Å². The van der Waals surface area contributed by atoms with E-state index in [0.717, 1.165) is 37.2 Å². The summed E-state index contributed by atoms with van der Waals surface area (Å²) < 4.78 is 11.2. The summed E-state index contributed by atoms with van der Waals surface area (Å²) >= 11 is 0. The molecule has 2 aliphatic rings. The van der Waals surface area contributed by atoms with Crippen LogP contribution in [0, 0.1) is 11.8 Å². The number of furan rings is 1. The van der Waals surface area contributed by atoms with Crippen LogP contribution >= 0.6 is 0 Å². The van der Waals surface area contributed by atoms with Crippen molar-refractivity contribution in [2.45, 2.75) is 40.2 Å². The van der Waals surface area contributed by atoms with Gasteiger partial charge < -0.3 is 14.1 Å². The number of nitrogens with zero attached hydrogens (tertiary/aromatic N) is 2. The molecule has 1 fully saturated rings. The van der Waals surface area contributed by atoms with Crippen molar-refractivity contribution < 1.29 is 18.7 Å². The normalized spacial score (nSPS) is 19.7. The molecular weight excluding hydrogens is 392 g/mol. The Morgan fingerprint density at radius 3 is 2.55 bits per heavy atom. The fourth-order valence-electron chi connectivity index (χ4n) is 4.19. The topological polar surface area (TPSA) is 63.0 Å². The predicted molar refractivity (Wildman–Crippen MR) is 118 cm³/mol. The number of likely N-dealkylation sites (tertiary alicyclic amines) is 1. The molecule has 1 aromatic carbocycles. The van der Waals surface area contributed by atoms with E-state index in [0.29, 0.717) is 35.5 Å². The molecule has 164 valence electrons. The second kappa shape index (κ2) is 9.00. The molecule has 1 atom stereocenters. The van der Waals surface area contributed by atoms with Crippen LogP contribution in [0.25, 0.3) is 5.57 Å². The molecule has 1 saturated heterocycles. The number of piperidine rings is 1. The van der Waals surface area contributed by atoms with Crippen molar-refractivity contribution in [3.63, 3.8) is 0 Å². The number of carbonyl (C=O) groups excluding carboxylic acids is 2. The summed E-state index contributed by atoms with van der Waals surface area (Å²) in [7, 11) is 0. The molecule has 6 nitrogen and oxygen atoms in total. The van der Waals surface area contributed by atoms with Crippen molar-refractivity contribution in [3.8, 4) is 5.75 Å². The molecule has 2 aromatic rings. The lowest BCUT2D eigenvalue weighted by Gasteiger charge is -2.33. The van der Waals surface area contributed by atoms with E-state index in [-0.39, 0.29) is 18.4 Å². The van der Waals surface area contributed by atoms with Crippen LogP contribution in [-0.2, 0) is 16.1 Å². The van der Waals surface area contributed by atoms with Crippen LogP contribution < -0.4 is 4.74 Å². The number of carbonyl (C=O) groups is 2. The monoisotopic (exact) mass is 422 g/mol. The minimum absolute atomic E-state index is 0.136. The zero-order valence-electron chi connectivity index (χ0n) is 18.5. The molecule has 4 rings (SSSR count). The number of rotatable bonds is 7. The van der Waals surface area contributed by atoms with Gasteiger partial charge in [-0.05, 0) is 54.5 Å². The summed E-state index contributed by atoms with van der Waals surface area (Å²) in [4.78, 5) is 30.2. The zero-order chi connectivity index (χ0) is 22.0. The molecule has 0 spiro atoms. The Labute approximate surface area is 183 Å². The van der Waals surface area contributed by atoms with E-state index in [9.17, 15) is 9.59 Å². The molecule has 1 aromatic heterocycles. The van der Waals surface area contributed by atoms with Crippen molar-refractivity contribution in [1.29, 1.82) is 0 Å². The highest BCUT2D eigenvalue weighted by molar-refractivity contribution is 6.35. The van der Waals surface area contributed by atoms with Gasteiger partial charge in [0, 0.05) is 13.1 Å². The highest BCUT2D eigenvalue weighted by Crippen LogP contribution is 2.35. The Morgan fingerprint density at radius 2 is 1.90 bits per heavy atom. The van der Waals surface area contributed by atoms with Crippen LogP contribution in [-0.4, -0.2) is 41.3 Å². The zero-order valence-corrected chi connectivity index (χ0v) is 18.5. The van der Waals surface area contributed by atoms with E-state index in [1.165, 1.54) is 4.90 Å². The lowest BCUT2D eigenvalue weighted by Crippen LogP contribution is -2.39. The predicted octanol–water partition coefficient (Wildman–Crippen LogP) is 4.33. The molecule has 6 heteroatoms. The summed E-state index contributed by atoms with van der Waals surface area (Å²) in [6.45, 7) is 8.72. The van der Waals surface area contributed by atoms with Gasteiger partial charge in [-0.1, -0.05) is 32.9 Å². The van der Waals surface area contributed by atoms with Crippen molar-refractivity contribution in [3.05, 3.63) is 59.7 Å². The number of hydrogen-bond donors (Lipinski definition) is 0. The number of imide groups is 1. The smallest absolute Gasteiger partial charge is 0.278 e. The Balaban J connectivity index is 1.67. The first-order valence-corrected chi connectivity index (χ1v) is 11.0. The molecular formula is C25H30N2O4. The van der Waals surface area contributed by atoms with E-state index in [1.54, 1.807) is 18.4 Å². The first kappa shape index (κ1) is 21.2. The van der Waals surface area contributed by atoms with Crippen LogP contribution in [0.5, 0.6) is 5.75 Å². The molecule has 0 radical (unpaired) electrons. The molecule has 0 bridgehead atoms. The number of ether oxygens (including phenoxy) is 1. The fourth-order valence-corrected chi connectivity index (χ4v) is 4.19. The number of benzene rings is 1. The molecule has 1 unspecified atom stereocenters.